The lowest BCUT2D eigenvalue weighted by molar-refractivity contribution is 0.314. The van der Waals surface area contributed by atoms with Gasteiger partial charge in [-0.15, -0.1) is 0 Å². The summed E-state index contributed by atoms with van der Waals surface area (Å²) in [6, 6.07) is 2.05. The number of hydrogen-bond acceptors (Lipinski definition) is 5. The van der Waals surface area contributed by atoms with Crippen molar-refractivity contribution in [1.82, 2.24) is 28.7 Å². The molecule has 9 heteroatoms. The Hall–Kier alpha value is -2.26. The molecule has 0 N–H and O–H groups in total. The summed E-state index contributed by atoms with van der Waals surface area (Å²) in [7, 11) is -3.49. The Balaban J connectivity index is 1.36. The minimum atomic E-state index is -3.49. The quantitative estimate of drug-likeness (QED) is 0.672. The van der Waals surface area contributed by atoms with Gasteiger partial charge in [0.25, 0.3) is 0 Å². The second-order valence-corrected chi connectivity index (χ2v) is 9.66. The predicted molar refractivity (Wildman–Crippen MR) is 104 cm³/mol. The molecular weight excluding hydrogens is 376 g/mol. The molecule has 3 aromatic heterocycles. The molecule has 0 aliphatic carbocycles. The van der Waals surface area contributed by atoms with Gasteiger partial charge in [0.15, 0.2) is 5.65 Å². The number of hydrogen-bond donors (Lipinski definition) is 0. The molecule has 3 aromatic rings. The molecule has 28 heavy (non-hydrogen) atoms. The highest BCUT2D eigenvalue weighted by Gasteiger charge is 2.34. The Morgan fingerprint density at radius 1 is 1.14 bits per heavy atom. The first-order valence-electron chi connectivity index (χ1n) is 9.90. The molecule has 0 atom stereocenters. The monoisotopic (exact) mass is 400 g/mol. The summed E-state index contributed by atoms with van der Waals surface area (Å²) in [5.74, 6) is 0.263. The summed E-state index contributed by atoms with van der Waals surface area (Å²) >= 11 is 0. The van der Waals surface area contributed by atoms with Gasteiger partial charge >= 0.3 is 0 Å². The Bertz CT molecular complexity index is 1120. The van der Waals surface area contributed by atoms with Gasteiger partial charge in [0.1, 0.15) is 4.90 Å². The summed E-state index contributed by atoms with van der Waals surface area (Å²) in [4.78, 5) is 4.68. The number of imidazole rings is 1. The van der Waals surface area contributed by atoms with Crippen molar-refractivity contribution in [3.8, 4) is 0 Å². The molecule has 0 radical (unpaired) electrons. The van der Waals surface area contributed by atoms with Gasteiger partial charge in [-0.3, -0.25) is 4.68 Å². The van der Waals surface area contributed by atoms with Crippen LogP contribution >= 0.6 is 0 Å². The Labute approximate surface area is 164 Å². The predicted octanol–water partition coefficient (Wildman–Crippen LogP) is 2.14. The largest absolute Gasteiger partial charge is 0.268 e. The highest BCUT2D eigenvalue weighted by Crippen LogP contribution is 2.33. The summed E-state index contributed by atoms with van der Waals surface area (Å²) in [5, 5.41) is 9.03. The van der Waals surface area contributed by atoms with Crippen LogP contribution in [0.25, 0.3) is 5.65 Å². The zero-order chi connectivity index (χ0) is 19.3. The summed E-state index contributed by atoms with van der Waals surface area (Å²) in [5.41, 5.74) is 3.87. The molecule has 0 saturated carbocycles. The van der Waals surface area contributed by atoms with E-state index < -0.39 is 10.0 Å². The van der Waals surface area contributed by atoms with Crippen molar-refractivity contribution < 1.29 is 8.42 Å². The number of nitrogens with zero attached hydrogens (tertiary/aromatic N) is 6. The standard InChI is InChI=1S/C19H24N6O2S/c1-14-12-18-20-7-11-25(18)22-19(14)15-5-9-23(10-6-15)28(26,27)17-13-21-24-8-3-2-4-16(17)24/h7,11-13,15H,2-6,8-10H2,1H3. The van der Waals surface area contributed by atoms with E-state index in [4.69, 9.17) is 5.10 Å². The maximum absolute atomic E-state index is 13.2. The molecule has 148 valence electrons. The van der Waals surface area contributed by atoms with Crippen LogP contribution < -0.4 is 0 Å². The molecule has 1 fully saturated rings. The summed E-state index contributed by atoms with van der Waals surface area (Å²) in [6.45, 7) is 3.90. The highest BCUT2D eigenvalue weighted by atomic mass is 32.2. The van der Waals surface area contributed by atoms with Gasteiger partial charge in [-0.2, -0.15) is 14.5 Å². The molecule has 2 aliphatic heterocycles. The number of fused-ring (bicyclic) bond motifs is 2. The van der Waals surface area contributed by atoms with E-state index in [-0.39, 0.29) is 5.92 Å². The molecule has 0 unspecified atom stereocenters. The number of aryl methyl sites for hydroxylation is 2. The van der Waals surface area contributed by atoms with Crippen molar-refractivity contribution in [2.45, 2.75) is 56.4 Å². The highest BCUT2D eigenvalue weighted by molar-refractivity contribution is 7.89. The van der Waals surface area contributed by atoms with Crippen LogP contribution in [0.3, 0.4) is 0 Å². The van der Waals surface area contributed by atoms with Gasteiger partial charge in [0, 0.05) is 37.9 Å². The smallest absolute Gasteiger partial charge is 0.246 e. The molecule has 2 aliphatic rings. The first-order chi connectivity index (χ1) is 13.5. The van der Waals surface area contributed by atoms with Gasteiger partial charge in [-0.1, -0.05) is 0 Å². The SMILES string of the molecule is Cc1cc2nccn2nc1C1CCN(S(=O)(=O)c2cnn3c2CCCC3)CC1. The van der Waals surface area contributed by atoms with Crippen molar-refractivity contribution >= 4 is 15.7 Å². The average Bonchev–Trinajstić information content (AvgIpc) is 3.34. The molecule has 1 saturated heterocycles. The van der Waals surface area contributed by atoms with E-state index in [0.29, 0.717) is 18.0 Å². The van der Waals surface area contributed by atoms with Crippen LogP contribution in [0.15, 0.2) is 29.6 Å². The minimum absolute atomic E-state index is 0.263. The van der Waals surface area contributed by atoms with E-state index in [9.17, 15) is 8.42 Å². The van der Waals surface area contributed by atoms with Crippen LogP contribution in [-0.4, -0.2) is 50.2 Å². The Kier molecular flexibility index (Phi) is 4.24. The van der Waals surface area contributed by atoms with Crippen molar-refractivity contribution in [2.75, 3.05) is 13.1 Å². The van der Waals surface area contributed by atoms with E-state index in [1.54, 1.807) is 21.2 Å². The van der Waals surface area contributed by atoms with Crippen molar-refractivity contribution in [3.63, 3.8) is 0 Å². The van der Waals surface area contributed by atoms with Crippen molar-refractivity contribution in [3.05, 3.63) is 41.6 Å². The van der Waals surface area contributed by atoms with E-state index in [1.165, 1.54) is 0 Å². The fraction of sp³-hybridized carbons (Fsp3) is 0.526. The van der Waals surface area contributed by atoms with E-state index in [1.807, 2.05) is 16.9 Å². The van der Waals surface area contributed by atoms with E-state index in [0.717, 1.165) is 61.2 Å². The zero-order valence-electron chi connectivity index (χ0n) is 16.0. The number of rotatable bonds is 3. The molecule has 0 amide bonds. The number of aromatic nitrogens is 5. The topological polar surface area (TPSA) is 85.4 Å². The lowest BCUT2D eigenvalue weighted by atomic mass is 9.92. The van der Waals surface area contributed by atoms with Crippen molar-refractivity contribution in [2.24, 2.45) is 0 Å². The molecule has 0 aromatic carbocycles. The average molecular weight is 401 g/mol. The lowest BCUT2D eigenvalue weighted by Crippen LogP contribution is -2.38. The third kappa shape index (κ3) is 2.84. The summed E-state index contributed by atoms with van der Waals surface area (Å²) < 4.78 is 31.7. The first-order valence-corrected chi connectivity index (χ1v) is 11.3. The normalized spacial score (nSPS) is 19.2. The Morgan fingerprint density at radius 3 is 2.79 bits per heavy atom. The third-order valence-corrected chi connectivity index (χ3v) is 7.96. The van der Waals surface area contributed by atoms with Gasteiger partial charge in [-0.25, -0.2) is 17.9 Å². The second kappa shape index (κ2) is 6.66. The molecule has 5 rings (SSSR count). The number of sulfonamides is 1. The van der Waals surface area contributed by atoms with Gasteiger partial charge < -0.3 is 0 Å². The van der Waals surface area contributed by atoms with Crippen molar-refractivity contribution in [1.29, 1.82) is 0 Å². The van der Waals surface area contributed by atoms with Crippen LogP contribution in [0.2, 0.25) is 0 Å². The molecule has 0 bridgehead atoms. The maximum Gasteiger partial charge on any atom is 0.246 e. The van der Waals surface area contributed by atoms with Gasteiger partial charge in [0.05, 0.1) is 17.6 Å². The van der Waals surface area contributed by atoms with Crippen LogP contribution in [0.5, 0.6) is 0 Å². The lowest BCUT2D eigenvalue weighted by Gasteiger charge is -2.31. The zero-order valence-corrected chi connectivity index (χ0v) is 16.8. The number of piperidine rings is 1. The first kappa shape index (κ1) is 17.8. The molecule has 0 spiro atoms. The molecule has 8 nitrogen and oxygen atoms in total. The van der Waals surface area contributed by atoms with Crippen LogP contribution in [-0.2, 0) is 23.0 Å². The Morgan fingerprint density at radius 2 is 1.96 bits per heavy atom. The van der Waals surface area contributed by atoms with Crippen LogP contribution in [0.4, 0.5) is 0 Å². The van der Waals surface area contributed by atoms with Crippen LogP contribution in [0, 0.1) is 6.92 Å². The van der Waals surface area contributed by atoms with Gasteiger partial charge in [-0.05, 0) is 50.7 Å². The van der Waals surface area contributed by atoms with E-state index >= 15 is 0 Å². The second-order valence-electron chi connectivity index (χ2n) is 7.76. The van der Waals surface area contributed by atoms with Crippen LogP contribution in [0.1, 0.15) is 48.6 Å². The molecular formula is C19H24N6O2S. The summed E-state index contributed by atoms with van der Waals surface area (Å²) in [6.07, 6.45) is 9.56. The third-order valence-electron chi connectivity index (χ3n) is 6.02. The minimum Gasteiger partial charge on any atom is -0.268 e. The fourth-order valence-electron chi connectivity index (χ4n) is 4.48. The fourth-order valence-corrected chi connectivity index (χ4v) is 6.13. The van der Waals surface area contributed by atoms with E-state index in [2.05, 4.69) is 17.0 Å². The molecule has 5 heterocycles. The maximum atomic E-state index is 13.2. The van der Waals surface area contributed by atoms with Gasteiger partial charge in [0.2, 0.25) is 10.0 Å².